The van der Waals surface area contributed by atoms with Crippen molar-refractivity contribution in [3.8, 4) is 10.6 Å². The molecule has 0 aliphatic heterocycles. The molecule has 1 aromatic carbocycles. The monoisotopic (exact) mass is 277 g/mol. The van der Waals surface area contributed by atoms with Gasteiger partial charge >= 0.3 is 0 Å². The average molecular weight is 277 g/mol. The largest absolute Gasteiger partial charge is 0.350 e. The van der Waals surface area contributed by atoms with Crippen LogP contribution in [-0.4, -0.2) is 19.2 Å². The van der Waals surface area contributed by atoms with Gasteiger partial charge in [-0.25, -0.2) is 4.98 Å². The fourth-order valence-electron chi connectivity index (χ4n) is 1.88. The molecule has 2 rings (SSSR count). The first-order valence-electron chi connectivity index (χ1n) is 6.27. The van der Waals surface area contributed by atoms with Crippen LogP contribution in [0.4, 0.5) is 0 Å². The van der Waals surface area contributed by atoms with Gasteiger partial charge in [0.05, 0.1) is 0 Å². The van der Waals surface area contributed by atoms with Gasteiger partial charge in [0.25, 0.3) is 0 Å². The molecule has 1 heterocycles. The fourth-order valence-corrected chi connectivity index (χ4v) is 2.70. The van der Waals surface area contributed by atoms with Crippen LogP contribution in [0.25, 0.3) is 10.6 Å². The van der Waals surface area contributed by atoms with Crippen LogP contribution in [0.3, 0.4) is 0 Å². The standard InChI is InChI=1S/C15H19NO2S/c1-10(2)11-5-7-12(8-6-11)14-16-13(9-19-14)15(17-3)18-4/h5-10,15H,1-4H3. The minimum atomic E-state index is -0.389. The molecule has 19 heavy (non-hydrogen) atoms. The van der Waals surface area contributed by atoms with E-state index in [2.05, 4.69) is 43.1 Å². The summed E-state index contributed by atoms with van der Waals surface area (Å²) in [5.74, 6) is 0.548. The van der Waals surface area contributed by atoms with Gasteiger partial charge in [-0.3, -0.25) is 0 Å². The fraction of sp³-hybridized carbons (Fsp3) is 0.400. The maximum atomic E-state index is 5.21. The number of benzene rings is 1. The van der Waals surface area contributed by atoms with E-state index in [1.54, 1.807) is 25.6 Å². The molecule has 0 aliphatic carbocycles. The summed E-state index contributed by atoms with van der Waals surface area (Å²) in [6.07, 6.45) is -0.389. The van der Waals surface area contributed by atoms with Crippen molar-refractivity contribution in [3.63, 3.8) is 0 Å². The first-order chi connectivity index (χ1) is 9.15. The zero-order chi connectivity index (χ0) is 13.8. The molecule has 0 aliphatic rings. The van der Waals surface area contributed by atoms with E-state index in [-0.39, 0.29) is 6.29 Å². The number of aromatic nitrogens is 1. The predicted molar refractivity (Wildman–Crippen MR) is 78.4 cm³/mol. The van der Waals surface area contributed by atoms with Gasteiger partial charge in [0.1, 0.15) is 10.7 Å². The van der Waals surface area contributed by atoms with E-state index in [4.69, 9.17) is 9.47 Å². The van der Waals surface area contributed by atoms with Crippen LogP contribution < -0.4 is 0 Å². The Morgan fingerprint density at radius 3 is 2.21 bits per heavy atom. The molecule has 0 saturated carbocycles. The minimum absolute atomic E-state index is 0.389. The summed E-state index contributed by atoms with van der Waals surface area (Å²) in [7, 11) is 3.23. The van der Waals surface area contributed by atoms with Crippen LogP contribution >= 0.6 is 11.3 Å². The molecule has 0 atom stereocenters. The molecule has 4 heteroatoms. The van der Waals surface area contributed by atoms with Gasteiger partial charge in [-0.2, -0.15) is 0 Å². The van der Waals surface area contributed by atoms with E-state index in [0.29, 0.717) is 5.92 Å². The van der Waals surface area contributed by atoms with Gasteiger partial charge in [-0.15, -0.1) is 11.3 Å². The number of thiazole rings is 1. The van der Waals surface area contributed by atoms with Crippen molar-refractivity contribution < 1.29 is 9.47 Å². The summed E-state index contributed by atoms with van der Waals surface area (Å²) in [5.41, 5.74) is 3.29. The normalized spacial score (nSPS) is 11.5. The third-order valence-corrected chi connectivity index (χ3v) is 3.93. The number of hydrogen-bond donors (Lipinski definition) is 0. The van der Waals surface area contributed by atoms with Crippen LogP contribution in [0.5, 0.6) is 0 Å². The van der Waals surface area contributed by atoms with Crippen molar-refractivity contribution in [2.24, 2.45) is 0 Å². The van der Waals surface area contributed by atoms with E-state index in [1.165, 1.54) is 5.56 Å². The topological polar surface area (TPSA) is 31.4 Å². The van der Waals surface area contributed by atoms with Crippen molar-refractivity contribution in [1.29, 1.82) is 0 Å². The Balaban J connectivity index is 2.22. The Kier molecular flexibility index (Phi) is 4.69. The molecule has 102 valence electrons. The number of methoxy groups -OCH3 is 2. The molecular weight excluding hydrogens is 258 g/mol. The summed E-state index contributed by atoms with van der Waals surface area (Å²) in [6, 6.07) is 8.55. The van der Waals surface area contributed by atoms with E-state index >= 15 is 0 Å². The highest BCUT2D eigenvalue weighted by molar-refractivity contribution is 7.13. The second-order valence-electron chi connectivity index (χ2n) is 4.66. The summed E-state index contributed by atoms with van der Waals surface area (Å²) >= 11 is 1.60. The third kappa shape index (κ3) is 3.21. The van der Waals surface area contributed by atoms with Crippen molar-refractivity contribution in [2.45, 2.75) is 26.1 Å². The first kappa shape index (κ1) is 14.2. The van der Waals surface area contributed by atoms with Crippen LogP contribution in [0.1, 0.15) is 37.3 Å². The summed E-state index contributed by atoms with van der Waals surface area (Å²) in [6.45, 7) is 4.39. The summed E-state index contributed by atoms with van der Waals surface area (Å²) < 4.78 is 10.4. The van der Waals surface area contributed by atoms with Gasteiger partial charge in [0, 0.05) is 25.2 Å². The SMILES string of the molecule is COC(OC)c1csc(-c2ccc(C(C)C)cc2)n1. The predicted octanol–water partition coefficient (Wildman–Crippen LogP) is 4.22. The Hall–Kier alpha value is -1.23. The molecule has 0 fully saturated rings. The van der Waals surface area contributed by atoms with E-state index in [1.807, 2.05) is 5.38 Å². The highest BCUT2D eigenvalue weighted by atomic mass is 32.1. The van der Waals surface area contributed by atoms with Gasteiger partial charge in [-0.1, -0.05) is 38.1 Å². The van der Waals surface area contributed by atoms with E-state index in [9.17, 15) is 0 Å². The molecule has 0 radical (unpaired) electrons. The second-order valence-corrected chi connectivity index (χ2v) is 5.52. The molecule has 0 saturated heterocycles. The number of ether oxygens (including phenoxy) is 2. The number of hydrogen-bond acceptors (Lipinski definition) is 4. The lowest BCUT2D eigenvalue weighted by Crippen LogP contribution is -2.03. The molecule has 3 nitrogen and oxygen atoms in total. The third-order valence-electron chi connectivity index (χ3n) is 3.02. The van der Waals surface area contributed by atoms with Crippen molar-refractivity contribution in [1.82, 2.24) is 4.98 Å². The number of nitrogens with zero attached hydrogens (tertiary/aromatic N) is 1. The molecule has 0 unspecified atom stereocenters. The highest BCUT2D eigenvalue weighted by Crippen LogP contribution is 2.28. The highest BCUT2D eigenvalue weighted by Gasteiger charge is 2.14. The molecule has 0 N–H and O–H groups in total. The Labute approximate surface area is 118 Å². The van der Waals surface area contributed by atoms with Crippen molar-refractivity contribution >= 4 is 11.3 Å². The number of rotatable bonds is 5. The quantitative estimate of drug-likeness (QED) is 0.767. The molecule has 2 aromatic rings. The Morgan fingerprint density at radius 2 is 1.68 bits per heavy atom. The lowest BCUT2D eigenvalue weighted by molar-refractivity contribution is -0.108. The lowest BCUT2D eigenvalue weighted by atomic mass is 10.0. The van der Waals surface area contributed by atoms with Gasteiger partial charge in [0.15, 0.2) is 0 Å². The molecule has 1 aromatic heterocycles. The van der Waals surface area contributed by atoms with Crippen LogP contribution in [0.15, 0.2) is 29.6 Å². The minimum Gasteiger partial charge on any atom is -0.350 e. The van der Waals surface area contributed by atoms with E-state index < -0.39 is 0 Å². The van der Waals surface area contributed by atoms with Crippen molar-refractivity contribution in [2.75, 3.05) is 14.2 Å². The lowest BCUT2D eigenvalue weighted by Gasteiger charge is -2.09. The maximum Gasteiger partial charge on any atom is 0.201 e. The zero-order valence-electron chi connectivity index (χ0n) is 11.7. The van der Waals surface area contributed by atoms with Crippen molar-refractivity contribution in [3.05, 3.63) is 40.9 Å². The van der Waals surface area contributed by atoms with Gasteiger partial charge in [0.2, 0.25) is 6.29 Å². The van der Waals surface area contributed by atoms with Gasteiger partial charge < -0.3 is 9.47 Å². The zero-order valence-corrected chi connectivity index (χ0v) is 12.5. The Bertz CT molecular complexity index is 515. The Morgan fingerprint density at radius 1 is 1.05 bits per heavy atom. The van der Waals surface area contributed by atoms with Gasteiger partial charge in [-0.05, 0) is 11.5 Å². The molecule has 0 amide bonds. The summed E-state index contributed by atoms with van der Waals surface area (Å²) in [4.78, 5) is 4.57. The van der Waals surface area contributed by atoms with Crippen LogP contribution in [-0.2, 0) is 9.47 Å². The van der Waals surface area contributed by atoms with E-state index in [0.717, 1.165) is 16.3 Å². The van der Waals surface area contributed by atoms with Crippen LogP contribution in [0, 0.1) is 0 Å². The summed E-state index contributed by atoms with van der Waals surface area (Å²) in [5, 5.41) is 2.97. The van der Waals surface area contributed by atoms with Crippen LogP contribution in [0.2, 0.25) is 0 Å². The smallest absolute Gasteiger partial charge is 0.201 e. The maximum absolute atomic E-state index is 5.21. The second kappa shape index (κ2) is 6.28. The average Bonchev–Trinajstić information content (AvgIpc) is 2.90. The first-order valence-corrected chi connectivity index (χ1v) is 7.15. The molecule has 0 spiro atoms. The molecule has 0 bridgehead atoms. The molecular formula is C15H19NO2S.